The Kier molecular flexibility index (Phi) is 6.94. The van der Waals surface area contributed by atoms with Crippen LogP contribution in [0.3, 0.4) is 0 Å². The maximum absolute atomic E-state index is 12.8. The lowest BCUT2D eigenvalue weighted by molar-refractivity contribution is 0.0951. The summed E-state index contributed by atoms with van der Waals surface area (Å²) in [5.41, 5.74) is 2.44. The Balaban J connectivity index is 1.37. The topological polar surface area (TPSA) is 74.3 Å². The molecular formula is C24H26N4O2S. The highest BCUT2D eigenvalue weighted by Crippen LogP contribution is 2.19. The zero-order valence-corrected chi connectivity index (χ0v) is 18.2. The summed E-state index contributed by atoms with van der Waals surface area (Å²) in [7, 11) is 0. The van der Waals surface area contributed by atoms with Crippen molar-refractivity contribution in [1.82, 2.24) is 10.3 Å². The van der Waals surface area contributed by atoms with Crippen LogP contribution in [0, 0.1) is 0 Å². The van der Waals surface area contributed by atoms with Crippen molar-refractivity contribution in [2.75, 3.05) is 23.3 Å². The molecule has 3 aromatic rings. The molecule has 0 atom stereocenters. The zero-order chi connectivity index (χ0) is 21.5. The van der Waals surface area contributed by atoms with Gasteiger partial charge in [0, 0.05) is 31.2 Å². The SMILES string of the molecule is O=C(Nc1ccccc1C(=O)NCc1ccc(N2CCCCCC2)nc1)c1ccsc1. The van der Waals surface area contributed by atoms with Crippen molar-refractivity contribution in [1.29, 1.82) is 0 Å². The molecule has 2 amide bonds. The van der Waals surface area contributed by atoms with Crippen LogP contribution in [-0.4, -0.2) is 29.9 Å². The van der Waals surface area contributed by atoms with Gasteiger partial charge in [0.2, 0.25) is 0 Å². The molecule has 160 valence electrons. The molecule has 4 rings (SSSR count). The van der Waals surface area contributed by atoms with Gasteiger partial charge in [-0.1, -0.05) is 31.0 Å². The number of carbonyl (C=O) groups excluding carboxylic acids is 2. The normalized spacial score (nSPS) is 14.0. The van der Waals surface area contributed by atoms with Crippen LogP contribution in [0.2, 0.25) is 0 Å². The molecule has 0 aliphatic carbocycles. The van der Waals surface area contributed by atoms with E-state index in [0.717, 1.165) is 24.5 Å². The van der Waals surface area contributed by atoms with Crippen LogP contribution in [0.25, 0.3) is 0 Å². The van der Waals surface area contributed by atoms with E-state index in [2.05, 4.69) is 20.5 Å². The third kappa shape index (κ3) is 5.49. The van der Waals surface area contributed by atoms with Gasteiger partial charge >= 0.3 is 0 Å². The fourth-order valence-corrected chi connectivity index (χ4v) is 4.30. The first-order valence-electron chi connectivity index (χ1n) is 10.6. The van der Waals surface area contributed by atoms with Gasteiger partial charge in [-0.05, 0) is 48.1 Å². The van der Waals surface area contributed by atoms with E-state index in [9.17, 15) is 9.59 Å². The van der Waals surface area contributed by atoms with Gasteiger partial charge in [0.15, 0.2) is 0 Å². The second-order valence-electron chi connectivity index (χ2n) is 7.62. The number of rotatable bonds is 6. The first kappa shape index (κ1) is 21.1. The molecule has 2 aromatic heterocycles. The number of nitrogens with zero attached hydrogens (tertiary/aromatic N) is 2. The second-order valence-corrected chi connectivity index (χ2v) is 8.40. The molecule has 1 aliphatic rings. The summed E-state index contributed by atoms with van der Waals surface area (Å²) in [6.45, 7) is 2.48. The molecule has 0 saturated carbocycles. The maximum atomic E-state index is 12.8. The van der Waals surface area contributed by atoms with Crippen molar-refractivity contribution in [2.45, 2.75) is 32.2 Å². The van der Waals surface area contributed by atoms with E-state index < -0.39 is 0 Å². The molecular weight excluding hydrogens is 408 g/mol. The van der Waals surface area contributed by atoms with Crippen molar-refractivity contribution in [3.8, 4) is 0 Å². The Morgan fingerprint density at radius 1 is 0.968 bits per heavy atom. The van der Waals surface area contributed by atoms with E-state index in [0.29, 0.717) is 23.4 Å². The van der Waals surface area contributed by atoms with E-state index in [1.165, 1.54) is 37.0 Å². The average Bonchev–Trinajstić information content (AvgIpc) is 3.21. The lowest BCUT2D eigenvalue weighted by Crippen LogP contribution is -2.26. The van der Waals surface area contributed by atoms with Crippen molar-refractivity contribution in [3.63, 3.8) is 0 Å². The lowest BCUT2D eigenvalue weighted by atomic mass is 10.1. The predicted octanol–water partition coefficient (Wildman–Crippen LogP) is 4.71. The van der Waals surface area contributed by atoms with E-state index in [4.69, 9.17) is 0 Å². The summed E-state index contributed by atoms with van der Waals surface area (Å²) < 4.78 is 0. The summed E-state index contributed by atoms with van der Waals surface area (Å²) in [6, 6.07) is 12.8. The number of aromatic nitrogens is 1. The van der Waals surface area contributed by atoms with Gasteiger partial charge in [-0.15, -0.1) is 0 Å². The minimum atomic E-state index is -0.238. The molecule has 6 nitrogen and oxygen atoms in total. The van der Waals surface area contributed by atoms with E-state index in [1.807, 2.05) is 23.7 Å². The lowest BCUT2D eigenvalue weighted by Gasteiger charge is -2.21. The molecule has 1 aromatic carbocycles. The fraction of sp³-hybridized carbons (Fsp3) is 0.292. The van der Waals surface area contributed by atoms with Crippen LogP contribution < -0.4 is 15.5 Å². The number of carbonyl (C=O) groups is 2. The predicted molar refractivity (Wildman–Crippen MR) is 125 cm³/mol. The smallest absolute Gasteiger partial charge is 0.256 e. The van der Waals surface area contributed by atoms with Gasteiger partial charge in [0.1, 0.15) is 5.82 Å². The Labute approximate surface area is 186 Å². The van der Waals surface area contributed by atoms with Crippen LogP contribution in [0.15, 0.2) is 59.4 Å². The van der Waals surface area contributed by atoms with Gasteiger partial charge in [0.25, 0.3) is 11.8 Å². The van der Waals surface area contributed by atoms with Crippen LogP contribution in [-0.2, 0) is 6.54 Å². The highest BCUT2D eigenvalue weighted by molar-refractivity contribution is 7.08. The standard InChI is InChI=1S/C24H26N4O2S/c29-23(19-11-14-31-17-19)27-21-8-4-3-7-20(21)24(30)26-16-18-9-10-22(25-15-18)28-12-5-1-2-6-13-28/h3-4,7-11,14-15,17H,1-2,5-6,12-13,16H2,(H,26,30)(H,27,29). The first-order chi connectivity index (χ1) is 15.2. The number of benzene rings is 1. The van der Waals surface area contributed by atoms with Crippen molar-refractivity contribution in [2.24, 2.45) is 0 Å². The van der Waals surface area contributed by atoms with Crippen LogP contribution in [0.5, 0.6) is 0 Å². The molecule has 2 N–H and O–H groups in total. The highest BCUT2D eigenvalue weighted by Gasteiger charge is 2.15. The number of anilines is 2. The average molecular weight is 435 g/mol. The second kappa shape index (κ2) is 10.2. The Morgan fingerprint density at radius 2 is 1.77 bits per heavy atom. The minimum absolute atomic E-state index is 0.227. The van der Waals surface area contributed by atoms with E-state index in [-0.39, 0.29) is 11.8 Å². The van der Waals surface area contributed by atoms with E-state index in [1.54, 1.807) is 35.7 Å². The third-order valence-electron chi connectivity index (χ3n) is 5.40. The Hall–Kier alpha value is -3.19. The number of pyridine rings is 1. The number of nitrogens with one attached hydrogen (secondary N) is 2. The first-order valence-corrected chi connectivity index (χ1v) is 11.6. The quantitative estimate of drug-likeness (QED) is 0.589. The molecule has 0 bridgehead atoms. The summed E-state index contributed by atoms with van der Waals surface area (Å²) in [6.07, 6.45) is 6.82. The van der Waals surface area contributed by atoms with E-state index >= 15 is 0 Å². The van der Waals surface area contributed by atoms with Crippen molar-refractivity contribution < 1.29 is 9.59 Å². The van der Waals surface area contributed by atoms with Gasteiger partial charge in [-0.25, -0.2) is 4.98 Å². The summed E-state index contributed by atoms with van der Waals surface area (Å²) in [4.78, 5) is 32.1. The molecule has 0 unspecified atom stereocenters. The highest BCUT2D eigenvalue weighted by atomic mass is 32.1. The maximum Gasteiger partial charge on any atom is 0.256 e. The molecule has 7 heteroatoms. The molecule has 31 heavy (non-hydrogen) atoms. The fourth-order valence-electron chi connectivity index (χ4n) is 3.66. The minimum Gasteiger partial charge on any atom is -0.357 e. The molecule has 1 saturated heterocycles. The zero-order valence-electron chi connectivity index (χ0n) is 17.3. The van der Waals surface area contributed by atoms with Crippen LogP contribution >= 0.6 is 11.3 Å². The van der Waals surface area contributed by atoms with Gasteiger partial charge in [-0.2, -0.15) is 11.3 Å². The molecule has 1 aliphatic heterocycles. The largest absolute Gasteiger partial charge is 0.357 e. The summed E-state index contributed by atoms with van der Waals surface area (Å²) >= 11 is 1.46. The van der Waals surface area contributed by atoms with Gasteiger partial charge in [-0.3, -0.25) is 9.59 Å². The number of thiophene rings is 1. The van der Waals surface area contributed by atoms with Crippen LogP contribution in [0.4, 0.5) is 11.5 Å². The van der Waals surface area contributed by atoms with Crippen molar-refractivity contribution in [3.05, 3.63) is 76.1 Å². The molecule has 0 spiro atoms. The van der Waals surface area contributed by atoms with Crippen molar-refractivity contribution >= 4 is 34.7 Å². The van der Waals surface area contributed by atoms with Crippen LogP contribution in [0.1, 0.15) is 52.0 Å². The summed E-state index contributed by atoms with van der Waals surface area (Å²) in [5.74, 6) is 0.533. The van der Waals surface area contributed by atoms with Gasteiger partial charge < -0.3 is 15.5 Å². The number of amides is 2. The molecule has 1 fully saturated rings. The molecule has 0 radical (unpaired) electrons. The Morgan fingerprint density at radius 3 is 2.48 bits per heavy atom. The number of hydrogen-bond donors (Lipinski definition) is 2. The third-order valence-corrected chi connectivity index (χ3v) is 6.08. The van der Waals surface area contributed by atoms with Gasteiger partial charge in [0.05, 0.1) is 16.8 Å². The molecule has 3 heterocycles. The summed E-state index contributed by atoms with van der Waals surface area (Å²) in [5, 5.41) is 9.39. The monoisotopic (exact) mass is 434 g/mol. The number of para-hydroxylation sites is 1. The Bertz CT molecular complexity index is 1010. The number of hydrogen-bond acceptors (Lipinski definition) is 5.